The first-order valence-electron chi connectivity index (χ1n) is 15.8. The average molecular weight is 689 g/mol. The van der Waals surface area contributed by atoms with Crippen molar-refractivity contribution in [1.29, 1.82) is 0 Å². The molecule has 0 amide bonds. The summed E-state index contributed by atoms with van der Waals surface area (Å²) in [6, 6.07) is 25.1. The summed E-state index contributed by atoms with van der Waals surface area (Å²) in [5.74, 6) is -2.64. The standard InChI is InChI=1S/C39H30ClFN4O5/c40-29-18-27-35(19-34(29)47)50-38-26(36(27)24-7-1-2-8-25(24)39(48)49)12-14-33(46)28(38)21-44-30-13-11-23(41)17-22(30)20-45-37(31-9-3-5-15-42-31)32-10-4-6-16-43-32/h1-19,27,36-37,44-46H,20-21H2,(H,48,49). The van der Waals surface area contributed by atoms with Crippen LogP contribution in [-0.2, 0) is 17.9 Å². The lowest BCUT2D eigenvalue weighted by Gasteiger charge is -2.37. The van der Waals surface area contributed by atoms with Crippen LogP contribution in [0.25, 0.3) is 0 Å². The van der Waals surface area contributed by atoms with Crippen molar-refractivity contribution in [2.75, 3.05) is 5.32 Å². The van der Waals surface area contributed by atoms with Crippen molar-refractivity contribution < 1.29 is 28.9 Å². The Bertz CT molecular complexity index is 2120. The molecular formula is C39H30ClFN4O5. The topological polar surface area (TPSA) is 134 Å². The number of fused-ring (bicyclic) bond motifs is 2. The monoisotopic (exact) mass is 688 g/mol. The van der Waals surface area contributed by atoms with Gasteiger partial charge in [0.25, 0.3) is 0 Å². The molecule has 3 heterocycles. The van der Waals surface area contributed by atoms with E-state index in [1.165, 1.54) is 30.3 Å². The van der Waals surface area contributed by atoms with Gasteiger partial charge in [0, 0.05) is 54.6 Å². The third kappa shape index (κ3) is 6.46. The molecule has 9 nitrogen and oxygen atoms in total. The number of pyridine rings is 2. The number of hydrogen-bond donors (Lipinski definition) is 4. The maximum atomic E-state index is 14.7. The Balaban J connectivity index is 1.23. The van der Waals surface area contributed by atoms with E-state index in [0.717, 1.165) is 11.4 Å². The molecule has 2 aromatic heterocycles. The Morgan fingerprint density at radius 2 is 1.64 bits per heavy atom. The number of phenols is 1. The number of hydrogen-bond acceptors (Lipinski definition) is 8. The Hall–Kier alpha value is -5.84. The molecule has 7 rings (SSSR count). The molecule has 50 heavy (non-hydrogen) atoms. The van der Waals surface area contributed by atoms with Gasteiger partial charge in [-0.3, -0.25) is 20.1 Å². The molecular weight excluding hydrogens is 659 g/mol. The van der Waals surface area contributed by atoms with E-state index < -0.39 is 29.4 Å². The van der Waals surface area contributed by atoms with E-state index in [-0.39, 0.29) is 47.0 Å². The van der Waals surface area contributed by atoms with Crippen molar-refractivity contribution in [3.05, 3.63) is 171 Å². The fourth-order valence-corrected chi connectivity index (χ4v) is 6.70. The van der Waals surface area contributed by atoms with Crippen LogP contribution in [-0.4, -0.2) is 31.9 Å². The van der Waals surface area contributed by atoms with Gasteiger partial charge in [-0.05, 0) is 65.7 Å². The number of carbonyl (C=O) groups is 2. The highest BCUT2D eigenvalue weighted by molar-refractivity contribution is 6.44. The minimum absolute atomic E-state index is 0.00931. The van der Waals surface area contributed by atoms with Gasteiger partial charge in [-0.15, -0.1) is 0 Å². The summed E-state index contributed by atoms with van der Waals surface area (Å²) in [6.45, 7) is 0.290. The number of carboxylic acids is 1. The molecule has 4 N–H and O–H groups in total. The molecule has 2 aliphatic rings. The molecule has 0 saturated carbocycles. The van der Waals surface area contributed by atoms with Crippen molar-refractivity contribution in [1.82, 2.24) is 15.3 Å². The third-order valence-electron chi connectivity index (χ3n) is 8.86. The van der Waals surface area contributed by atoms with Gasteiger partial charge in [0.15, 0.2) is 5.78 Å². The van der Waals surface area contributed by atoms with E-state index in [1.54, 1.807) is 48.8 Å². The number of ether oxygens (including phenoxy) is 1. The molecule has 0 saturated heterocycles. The zero-order valence-corrected chi connectivity index (χ0v) is 27.1. The van der Waals surface area contributed by atoms with Gasteiger partial charge in [0.1, 0.15) is 23.1 Å². The summed E-state index contributed by atoms with van der Waals surface area (Å²) < 4.78 is 21.0. The number of benzene rings is 3. The predicted octanol–water partition coefficient (Wildman–Crippen LogP) is 7.24. The van der Waals surface area contributed by atoms with Crippen LogP contribution in [0.1, 0.15) is 56.0 Å². The number of phenolic OH excluding ortho intramolecular Hbond substituents is 1. The molecule has 1 aliphatic carbocycles. The van der Waals surface area contributed by atoms with Gasteiger partial charge >= 0.3 is 5.97 Å². The summed E-state index contributed by atoms with van der Waals surface area (Å²) in [5, 5.41) is 28.0. The minimum atomic E-state index is -1.10. The second-order valence-electron chi connectivity index (χ2n) is 11.9. The maximum absolute atomic E-state index is 14.7. The number of nitrogens with zero attached hydrogens (tertiary/aromatic N) is 2. The van der Waals surface area contributed by atoms with E-state index >= 15 is 0 Å². The van der Waals surface area contributed by atoms with E-state index in [1.807, 2.05) is 36.4 Å². The molecule has 11 heteroatoms. The molecule has 2 unspecified atom stereocenters. The van der Waals surface area contributed by atoms with E-state index in [2.05, 4.69) is 20.6 Å². The van der Waals surface area contributed by atoms with Crippen LogP contribution in [0, 0.1) is 11.7 Å². The molecule has 3 aromatic carbocycles. The number of carboxylic acid groups (broad SMARTS) is 1. The van der Waals surface area contributed by atoms with E-state index in [4.69, 9.17) is 16.3 Å². The van der Waals surface area contributed by atoms with Crippen LogP contribution < -0.4 is 15.4 Å². The predicted molar refractivity (Wildman–Crippen MR) is 185 cm³/mol. The second-order valence-corrected chi connectivity index (χ2v) is 12.3. The summed E-state index contributed by atoms with van der Waals surface area (Å²) in [4.78, 5) is 34.0. The number of aromatic carboxylic acids is 1. The molecule has 0 fully saturated rings. The van der Waals surface area contributed by atoms with E-state index in [9.17, 15) is 24.2 Å². The van der Waals surface area contributed by atoms with Crippen LogP contribution in [0.5, 0.6) is 11.5 Å². The second kappa shape index (κ2) is 13.9. The molecule has 2 atom stereocenters. The lowest BCUT2D eigenvalue weighted by atomic mass is 9.74. The zero-order valence-electron chi connectivity index (χ0n) is 26.4. The first-order chi connectivity index (χ1) is 24.3. The number of nitrogens with one attached hydrogen (secondary N) is 2. The number of aromatic hydroxyl groups is 1. The van der Waals surface area contributed by atoms with Crippen molar-refractivity contribution in [2.24, 2.45) is 5.92 Å². The first-order valence-corrected chi connectivity index (χ1v) is 16.2. The zero-order chi connectivity index (χ0) is 34.8. The van der Waals surface area contributed by atoms with E-state index in [0.29, 0.717) is 27.9 Å². The third-order valence-corrected chi connectivity index (χ3v) is 9.17. The summed E-state index contributed by atoms with van der Waals surface area (Å²) in [6.07, 6.45) is 6.29. The molecule has 5 aromatic rings. The van der Waals surface area contributed by atoms with Crippen molar-refractivity contribution >= 4 is 29.0 Å². The SMILES string of the molecule is O=C1C=C2Oc3c(ccc(O)c3CNc3ccc(F)cc3CNC(c3ccccn3)c3ccccn3)C(c3ccccc3C(=O)O)C2C=C1Cl. The minimum Gasteiger partial charge on any atom is -0.507 e. The maximum Gasteiger partial charge on any atom is 0.335 e. The summed E-state index contributed by atoms with van der Waals surface area (Å²) in [7, 11) is 0. The lowest BCUT2D eigenvalue weighted by molar-refractivity contribution is -0.111. The summed E-state index contributed by atoms with van der Waals surface area (Å²) >= 11 is 6.29. The fraction of sp³-hybridized carbons (Fsp3) is 0.128. The largest absolute Gasteiger partial charge is 0.507 e. The van der Waals surface area contributed by atoms with Crippen molar-refractivity contribution in [2.45, 2.75) is 25.0 Å². The van der Waals surface area contributed by atoms with Gasteiger partial charge in [0.05, 0.1) is 33.6 Å². The van der Waals surface area contributed by atoms with Gasteiger partial charge < -0.3 is 20.3 Å². The molecule has 0 radical (unpaired) electrons. The average Bonchev–Trinajstić information content (AvgIpc) is 3.12. The fourth-order valence-electron chi connectivity index (χ4n) is 6.51. The van der Waals surface area contributed by atoms with Gasteiger partial charge in [-0.1, -0.05) is 54.1 Å². The number of carbonyl (C=O) groups excluding carboxylic acids is 1. The highest BCUT2D eigenvalue weighted by Gasteiger charge is 2.40. The number of ketones is 1. The Morgan fingerprint density at radius 1 is 0.920 bits per heavy atom. The smallest absolute Gasteiger partial charge is 0.335 e. The van der Waals surface area contributed by atoms with Crippen LogP contribution in [0.2, 0.25) is 0 Å². The number of rotatable bonds is 10. The normalized spacial score (nSPS) is 16.5. The van der Waals surface area contributed by atoms with Crippen LogP contribution in [0.4, 0.5) is 10.1 Å². The highest BCUT2D eigenvalue weighted by Crippen LogP contribution is 2.51. The first kappa shape index (κ1) is 32.7. The Morgan fingerprint density at radius 3 is 2.34 bits per heavy atom. The summed E-state index contributed by atoms with van der Waals surface area (Å²) in [5.41, 5.74) is 4.29. The number of halogens is 2. The van der Waals surface area contributed by atoms with Gasteiger partial charge in [-0.2, -0.15) is 0 Å². The van der Waals surface area contributed by atoms with Crippen molar-refractivity contribution in [3.63, 3.8) is 0 Å². The Labute approximate surface area is 291 Å². The van der Waals surface area contributed by atoms with Crippen molar-refractivity contribution in [3.8, 4) is 11.5 Å². The molecule has 0 bridgehead atoms. The molecule has 0 spiro atoms. The molecule has 250 valence electrons. The lowest BCUT2D eigenvalue weighted by Crippen LogP contribution is -2.29. The Kier molecular flexibility index (Phi) is 9.12. The van der Waals surface area contributed by atoms with Crippen LogP contribution in [0.3, 0.4) is 0 Å². The number of allylic oxidation sites excluding steroid dienone is 3. The quantitative estimate of drug-likeness (QED) is 0.120. The molecule has 1 aliphatic heterocycles. The number of aromatic nitrogens is 2. The van der Waals surface area contributed by atoms with Crippen LogP contribution >= 0.6 is 11.6 Å². The van der Waals surface area contributed by atoms with Gasteiger partial charge in [0.2, 0.25) is 0 Å². The van der Waals surface area contributed by atoms with Gasteiger partial charge in [-0.25, -0.2) is 9.18 Å². The number of anilines is 1. The highest BCUT2D eigenvalue weighted by atomic mass is 35.5. The van der Waals surface area contributed by atoms with Crippen LogP contribution in [0.15, 0.2) is 126 Å².